The maximum Gasteiger partial charge on any atom is 0.338 e. The number of nitrogens with two attached hydrogens (primary N) is 1. The SMILES string of the molecule is NC(=O)N(O)CCCCC1CCC(C2C=CC(F)=CC2)O1. The quantitative estimate of drug-likeness (QED) is 0.450. The molecule has 0 radical (unpaired) electrons. The molecule has 1 aliphatic carbocycles. The van der Waals surface area contributed by atoms with Crippen molar-refractivity contribution in [2.45, 2.75) is 50.7 Å². The fraction of sp³-hybridized carbons (Fsp3) is 0.667. The largest absolute Gasteiger partial charge is 0.374 e. The van der Waals surface area contributed by atoms with E-state index in [9.17, 15) is 9.18 Å². The highest BCUT2D eigenvalue weighted by molar-refractivity contribution is 5.70. The van der Waals surface area contributed by atoms with Crippen molar-refractivity contribution in [1.29, 1.82) is 0 Å². The first-order valence-corrected chi connectivity index (χ1v) is 7.51. The van der Waals surface area contributed by atoms with Gasteiger partial charge in [0.25, 0.3) is 0 Å². The molecule has 0 aromatic rings. The minimum atomic E-state index is -0.823. The van der Waals surface area contributed by atoms with Gasteiger partial charge in [0, 0.05) is 5.92 Å². The van der Waals surface area contributed by atoms with E-state index in [-0.39, 0.29) is 30.5 Å². The number of rotatable bonds is 6. The van der Waals surface area contributed by atoms with Gasteiger partial charge >= 0.3 is 6.03 Å². The number of urea groups is 1. The van der Waals surface area contributed by atoms with Gasteiger partial charge < -0.3 is 10.5 Å². The summed E-state index contributed by atoms with van der Waals surface area (Å²) in [6.45, 7) is 0.251. The van der Waals surface area contributed by atoms with Crippen LogP contribution >= 0.6 is 0 Å². The molecule has 3 atom stereocenters. The molecule has 1 saturated heterocycles. The molecule has 0 spiro atoms. The van der Waals surface area contributed by atoms with E-state index in [1.165, 1.54) is 6.08 Å². The molecule has 2 aliphatic rings. The van der Waals surface area contributed by atoms with E-state index in [0.29, 0.717) is 17.9 Å². The molecule has 1 heterocycles. The van der Waals surface area contributed by atoms with Gasteiger partial charge in [-0.15, -0.1) is 0 Å². The van der Waals surface area contributed by atoms with E-state index in [0.717, 1.165) is 25.7 Å². The van der Waals surface area contributed by atoms with E-state index < -0.39 is 6.03 Å². The first kappa shape index (κ1) is 16.0. The van der Waals surface area contributed by atoms with E-state index in [4.69, 9.17) is 15.7 Å². The summed E-state index contributed by atoms with van der Waals surface area (Å²) >= 11 is 0. The van der Waals surface area contributed by atoms with Gasteiger partial charge in [-0.05, 0) is 50.7 Å². The number of hydroxylamine groups is 2. The van der Waals surface area contributed by atoms with Gasteiger partial charge in [0.2, 0.25) is 0 Å². The second kappa shape index (κ2) is 7.56. The van der Waals surface area contributed by atoms with E-state index >= 15 is 0 Å². The Bertz CT molecular complexity index is 425. The number of halogens is 1. The summed E-state index contributed by atoms with van der Waals surface area (Å²) in [6.07, 6.45) is 10.6. The maximum atomic E-state index is 12.9. The zero-order chi connectivity index (χ0) is 15.2. The Kier molecular flexibility index (Phi) is 5.76. The minimum absolute atomic E-state index is 0.163. The molecule has 5 nitrogen and oxygen atoms in total. The molecule has 1 aliphatic heterocycles. The predicted octanol–water partition coefficient (Wildman–Crippen LogP) is 2.90. The van der Waals surface area contributed by atoms with Gasteiger partial charge in [-0.25, -0.2) is 14.2 Å². The molecular weight excluding hydrogens is 275 g/mol. The molecule has 0 saturated carbocycles. The Balaban J connectivity index is 1.62. The van der Waals surface area contributed by atoms with Crippen molar-refractivity contribution in [1.82, 2.24) is 5.06 Å². The van der Waals surface area contributed by atoms with Gasteiger partial charge in [-0.3, -0.25) is 5.21 Å². The van der Waals surface area contributed by atoms with Crippen LogP contribution in [0.5, 0.6) is 0 Å². The summed E-state index contributed by atoms with van der Waals surface area (Å²) in [5.41, 5.74) is 4.93. The summed E-state index contributed by atoms with van der Waals surface area (Å²) < 4.78 is 18.9. The number of ether oxygens (including phenoxy) is 1. The van der Waals surface area contributed by atoms with Gasteiger partial charge in [-0.2, -0.15) is 0 Å². The van der Waals surface area contributed by atoms with Crippen molar-refractivity contribution in [2.24, 2.45) is 11.7 Å². The molecule has 0 aromatic carbocycles. The van der Waals surface area contributed by atoms with Crippen LogP contribution in [0.4, 0.5) is 9.18 Å². The van der Waals surface area contributed by atoms with Crippen LogP contribution in [0.1, 0.15) is 38.5 Å². The lowest BCUT2D eigenvalue weighted by molar-refractivity contribution is -0.0414. The van der Waals surface area contributed by atoms with E-state index in [2.05, 4.69) is 0 Å². The Morgan fingerprint density at radius 1 is 1.48 bits per heavy atom. The Labute approximate surface area is 124 Å². The normalized spacial score (nSPS) is 28.5. The van der Waals surface area contributed by atoms with Crippen molar-refractivity contribution in [3.63, 3.8) is 0 Å². The van der Waals surface area contributed by atoms with Gasteiger partial charge in [-0.1, -0.05) is 6.08 Å². The zero-order valence-corrected chi connectivity index (χ0v) is 12.1. The second-order valence-electron chi connectivity index (χ2n) is 5.68. The van der Waals surface area contributed by atoms with Crippen molar-refractivity contribution in [3.05, 3.63) is 24.1 Å². The molecule has 2 amide bonds. The summed E-state index contributed by atoms with van der Waals surface area (Å²) in [5.74, 6) is 0.112. The molecule has 3 unspecified atom stereocenters. The van der Waals surface area contributed by atoms with Crippen LogP contribution in [0.15, 0.2) is 24.1 Å². The Morgan fingerprint density at radius 3 is 2.95 bits per heavy atom. The molecule has 1 fully saturated rings. The standard InChI is InChI=1S/C15H23FN2O3/c16-12-6-4-11(5-7-12)14-9-8-13(21-14)3-1-2-10-18(20)15(17)19/h4,6-7,11,13-14,20H,1-3,5,8-10H2,(H2,17,19). The van der Waals surface area contributed by atoms with Crippen LogP contribution in [0.2, 0.25) is 0 Å². The van der Waals surface area contributed by atoms with Crippen molar-refractivity contribution in [2.75, 3.05) is 6.54 Å². The minimum Gasteiger partial charge on any atom is -0.374 e. The molecule has 21 heavy (non-hydrogen) atoms. The van der Waals surface area contributed by atoms with E-state index in [1.807, 2.05) is 6.08 Å². The lowest BCUT2D eigenvalue weighted by atomic mass is 9.92. The summed E-state index contributed by atoms with van der Waals surface area (Å²) in [6, 6.07) is -0.823. The summed E-state index contributed by atoms with van der Waals surface area (Å²) in [7, 11) is 0. The van der Waals surface area contributed by atoms with Gasteiger partial charge in [0.1, 0.15) is 5.83 Å². The second-order valence-corrected chi connectivity index (χ2v) is 5.68. The smallest absolute Gasteiger partial charge is 0.338 e. The van der Waals surface area contributed by atoms with Crippen LogP contribution in [-0.2, 0) is 4.74 Å². The topological polar surface area (TPSA) is 75.8 Å². The number of hydrogen-bond acceptors (Lipinski definition) is 3. The number of carbonyl (C=O) groups is 1. The van der Waals surface area contributed by atoms with Crippen LogP contribution in [0.25, 0.3) is 0 Å². The number of nitrogens with zero attached hydrogens (tertiary/aromatic N) is 1. The predicted molar refractivity (Wildman–Crippen MR) is 76.3 cm³/mol. The first-order valence-electron chi connectivity index (χ1n) is 7.51. The van der Waals surface area contributed by atoms with Crippen LogP contribution in [0.3, 0.4) is 0 Å². The van der Waals surface area contributed by atoms with Gasteiger partial charge in [0.15, 0.2) is 0 Å². The highest BCUT2D eigenvalue weighted by Crippen LogP contribution is 2.32. The molecule has 2 rings (SSSR count). The molecule has 3 N–H and O–H groups in total. The summed E-state index contributed by atoms with van der Waals surface area (Å²) in [4.78, 5) is 10.6. The molecule has 118 valence electrons. The number of hydrogen-bond donors (Lipinski definition) is 2. The Hall–Kier alpha value is -1.40. The van der Waals surface area contributed by atoms with Crippen molar-refractivity contribution < 1.29 is 19.1 Å². The van der Waals surface area contributed by atoms with E-state index in [1.54, 1.807) is 6.08 Å². The van der Waals surface area contributed by atoms with Crippen molar-refractivity contribution >= 4 is 6.03 Å². The number of carbonyl (C=O) groups excluding carboxylic acids is 1. The molecular formula is C15H23FN2O3. The highest BCUT2D eigenvalue weighted by atomic mass is 19.1. The first-order chi connectivity index (χ1) is 10.1. The lowest BCUT2D eigenvalue weighted by Crippen LogP contribution is -2.33. The fourth-order valence-corrected chi connectivity index (χ4v) is 2.89. The third kappa shape index (κ3) is 4.82. The zero-order valence-electron chi connectivity index (χ0n) is 12.1. The third-order valence-corrected chi connectivity index (χ3v) is 4.11. The number of amides is 2. The molecule has 0 aromatic heterocycles. The number of allylic oxidation sites excluding steroid dienone is 3. The highest BCUT2D eigenvalue weighted by Gasteiger charge is 2.30. The molecule has 6 heteroatoms. The maximum absolute atomic E-state index is 12.9. The summed E-state index contributed by atoms with van der Waals surface area (Å²) in [5, 5.41) is 9.67. The van der Waals surface area contributed by atoms with Crippen LogP contribution in [0, 0.1) is 5.92 Å². The van der Waals surface area contributed by atoms with Crippen molar-refractivity contribution in [3.8, 4) is 0 Å². The molecule has 0 bridgehead atoms. The number of primary amides is 1. The average Bonchev–Trinajstić information content (AvgIpc) is 2.93. The Morgan fingerprint density at radius 2 is 2.29 bits per heavy atom. The average molecular weight is 298 g/mol. The fourth-order valence-electron chi connectivity index (χ4n) is 2.89. The van der Waals surface area contributed by atoms with Gasteiger partial charge in [0.05, 0.1) is 18.8 Å². The monoisotopic (exact) mass is 298 g/mol. The lowest BCUT2D eigenvalue weighted by Gasteiger charge is -2.22. The van der Waals surface area contributed by atoms with Crippen LogP contribution in [-0.4, -0.2) is 35.1 Å². The number of unbranched alkanes of at least 4 members (excludes halogenated alkanes) is 1. The third-order valence-electron chi connectivity index (χ3n) is 4.11. The van der Waals surface area contributed by atoms with Crippen LogP contribution < -0.4 is 5.73 Å².